The van der Waals surface area contributed by atoms with Crippen molar-refractivity contribution in [2.45, 2.75) is 64.5 Å². The molecule has 0 aromatic heterocycles. The smallest absolute Gasteiger partial charge is 0.113 e. The highest BCUT2D eigenvalue weighted by Gasteiger charge is 2.32. The zero-order valence-electron chi connectivity index (χ0n) is 8.41. The molecule has 0 heterocycles. The summed E-state index contributed by atoms with van der Waals surface area (Å²) in [6, 6.07) is 0. The lowest BCUT2D eigenvalue weighted by Crippen LogP contribution is -2.30. The van der Waals surface area contributed by atoms with Gasteiger partial charge >= 0.3 is 0 Å². The van der Waals surface area contributed by atoms with Gasteiger partial charge in [0.05, 0.1) is 0 Å². The maximum absolute atomic E-state index is 14.1. The second kappa shape index (κ2) is 4.25. The van der Waals surface area contributed by atoms with Gasteiger partial charge in [-0.15, -0.1) is 0 Å². The first kappa shape index (κ1) is 10.0. The number of rotatable bonds is 1. The van der Waals surface area contributed by atoms with Crippen molar-refractivity contribution in [2.75, 3.05) is 0 Å². The molecule has 1 heteroatoms. The highest BCUT2D eigenvalue weighted by atomic mass is 19.1. The second-order valence-electron chi connectivity index (χ2n) is 4.46. The Hall–Kier alpha value is -0.0700. The van der Waals surface area contributed by atoms with Gasteiger partial charge in [0, 0.05) is 0 Å². The molecule has 0 radical (unpaired) electrons. The monoisotopic (exact) mass is 172 g/mol. The minimum atomic E-state index is -0.847. The fourth-order valence-electron chi connectivity index (χ4n) is 2.07. The summed E-state index contributed by atoms with van der Waals surface area (Å²) >= 11 is 0. The molecule has 0 bridgehead atoms. The largest absolute Gasteiger partial charge is 0.244 e. The van der Waals surface area contributed by atoms with Crippen LogP contribution in [0.2, 0.25) is 0 Å². The molecule has 0 saturated heterocycles. The zero-order chi connectivity index (χ0) is 9.03. The van der Waals surface area contributed by atoms with Crippen molar-refractivity contribution in [1.82, 2.24) is 0 Å². The third kappa shape index (κ3) is 2.46. The second-order valence-corrected chi connectivity index (χ2v) is 4.46. The molecule has 12 heavy (non-hydrogen) atoms. The first-order valence-corrected chi connectivity index (χ1v) is 5.34. The SMILES string of the molecule is CC(C)C1(F)CCCCCCC1. The van der Waals surface area contributed by atoms with Gasteiger partial charge in [0.1, 0.15) is 5.67 Å². The van der Waals surface area contributed by atoms with E-state index in [2.05, 4.69) is 0 Å². The summed E-state index contributed by atoms with van der Waals surface area (Å²) in [6.45, 7) is 4.03. The molecule has 1 saturated carbocycles. The number of hydrogen-bond donors (Lipinski definition) is 0. The quantitative estimate of drug-likeness (QED) is 0.558. The molecule has 1 fully saturated rings. The summed E-state index contributed by atoms with van der Waals surface area (Å²) in [4.78, 5) is 0. The topological polar surface area (TPSA) is 0 Å². The van der Waals surface area contributed by atoms with Gasteiger partial charge < -0.3 is 0 Å². The predicted molar refractivity (Wildman–Crippen MR) is 51.0 cm³/mol. The van der Waals surface area contributed by atoms with E-state index >= 15 is 0 Å². The molecule has 1 aliphatic rings. The van der Waals surface area contributed by atoms with Gasteiger partial charge in [0.25, 0.3) is 0 Å². The van der Waals surface area contributed by atoms with Gasteiger partial charge in [-0.3, -0.25) is 0 Å². The highest BCUT2D eigenvalue weighted by molar-refractivity contribution is 4.83. The van der Waals surface area contributed by atoms with Gasteiger partial charge in [-0.1, -0.05) is 46.0 Å². The number of alkyl halides is 1. The Morgan fingerprint density at radius 1 is 0.917 bits per heavy atom. The van der Waals surface area contributed by atoms with E-state index < -0.39 is 5.67 Å². The van der Waals surface area contributed by atoms with Crippen molar-refractivity contribution in [3.05, 3.63) is 0 Å². The average Bonchev–Trinajstić information content (AvgIpc) is 1.97. The van der Waals surface area contributed by atoms with Crippen LogP contribution in [-0.2, 0) is 0 Å². The fraction of sp³-hybridized carbons (Fsp3) is 1.00. The van der Waals surface area contributed by atoms with Crippen LogP contribution in [0.5, 0.6) is 0 Å². The predicted octanol–water partition coefficient (Wildman–Crippen LogP) is 4.10. The molecule has 1 aliphatic carbocycles. The molecular weight excluding hydrogens is 151 g/mol. The van der Waals surface area contributed by atoms with E-state index in [1.165, 1.54) is 19.3 Å². The van der Waals surface area contributed by atoms with Crippen LogP contribution in [-0.4, -0.2) is 5.67 Å². The van der Waals surface area contributed by atoms with Crippen LogP contribution >= 0.6 is 0 Å². The maximum Gasteiger partial charge on any atom is 0.113 e. The zero-order valence-corrected chi connectivity index (χ0v) is 8.41. The summed E-state index contributed by atoms with van der Waals surface area (Å²) in [6.07, 6.45) is 7.56. The van der Waals surface area contributed by atoms with Gasteiger partial charge in [-0.25, -0.2) is 4.39 Å². The van der Waals surface area contributed by atoms with Crippen LogP contribution in [0.15, 0.2) is 0 Å². The van der Waals surface area contributed by atoms with E-state index in [0.29, 0.717) is 0 Å². The fourth-order valence-corrected chi connectivity index (χ4v) is 2.07. The third-order valence-electron chi connectivity index (χ3n) is 3.22. The van der Waals surface area contributed by atoms with E-state index in [-0.39, 0.29) is 5.92 Å². The van der Waals surface area contributed by atoms with Gasteiger partial charge in [-0.2, -0.15) is 0 Å². The first-order chi connectivity index (χ1) is 5.65. The molecule has 0 unspecified atom stereocenters. The Morgan fingerprint density at radius 2 is 1.33 bits per heavy atom. The van der Waals surface area contributed by atoms with Gasteiger partial charge in [0.15, 0.2) is 0 Å². The summed E-state index contributed by atoms with van der Waals surface area (Å²) in [7, 11) is 0. The van der Waals surface area contributed by atoms with Crippen LogP contribution in [0.4, 0.5) is 4.39 Å². The van der Waals surface area contributed by atoms with Crippen molar-refractivity contribution in [3.8, 4) is 0 Å². The lowest BCUT2D eigenvalue weighted by molar-refractivity contribution is 0.0669. The average molecular weight is 172 g/mol. The van der Waals surface area contributed by atoms with E-state index in [4.69, 9.17) is 0 Å². The molecule has 0 nitrogen and oxygen atoms in total. The van der Waals surface area contributed by atoms with Crippen molar-refractivity contribution < 1.29 is 4.39 Å². The molecule has 0 spiro atoms. The van der Waals surface area contributed by atoms with Gasteiger partial charge in [0.2, 0.25) is 0 Å². The molecule has 1 rings (SSSR count). The Bertz CT molecular complexity index is 121. The van der Waals surface area contributed by atoms with Crippen LogP contribution in [0.25, 0.3) is 0 Å². The summed E-state index contributed by atoms with van der Waals surface area (Å²) in [5, 5.41) is 0. The highest BCUT2D eigenvalue weighted by Crippen LogP contribution is 2.35. The number of hydrogen-bond acceptors (Lipinski definition) is 0. The first-order valence-electron chi connectivity index (χ1n) is 5.34. The number of halogens is 1. The Kier molecular flexibility index (Phi) is 3.54. The van der Waals surface area contributed by atoms with Crippen molar-refractivity contribution in [1.29, 1.82) is 0 Å². The van der Waals surface area contributed by atoms with E-state index in [9.17, 15) is 4.39 Å². The Morgan fingerprint density at radius 3 is 1.75 bits per heavy atom. The molecule has 0 atom stereocenters. The standard InChI is InChI=1S/C11H21F/c1-10(2)11(12)8-6-4-3-5-7-9-11/h10H,3-9H2,1-2H3. The van der Waals surface area contributed by atoms with E-state index in [1.54, 1.807) is 0 Å². The molecule has 0 aliphatic heterocycles. The van der Waals surface area contributed by atoms with Gasteiger partial charge in [-0.05, 0) is 18.8 Å². The minimum absolute atomic E-state index is 0.204. The molecule has 0 aromatic rings. The van der Waals surface area contributed by atoms with Crippen LogP contribution in [0.3, 0.4) is 0 Å². The summed E-state index contributed by atoms with van der Waals surface area (Å²) < 4.78 is 14.1. The molecule has 0 amide bonds. The van der Waals surface area contributed by atoms with Crippen molar-refractivity contribution in [3.63, 3.8) is 0 Å². The maximum atomic E-state index is 14.1. The summed E-state index contributed by atoms with van der Waals surface area (Å²) in [5.74, 6) is 0.204. The normalized spacial score (nSPS) is 25.0. The lowest BCUT2D eigenvalue weighted by Gasteiger charge is -2.31. The molecule has 0 aromatic carbocycles. The molecule has 0 N–H and O–H groups in total. The van der Waals surface area contributed by atoms with E-state index in [1.807, 2.05) is 13.8 Å². The minimum Gasteiger partial charge on any atom is -0.244 e. The van der Waals surface area contributed by atoms with Crippen LogP contribution in [0, 0.1) is 5.92 Å². The van der Waals surface area contributed by atoms with E-state index in [0.717, 1.165) is 25.7 Å². The van der Waals surface area contributed by atoms with Crippen molar-refractivity contribution in [2.24, 2.45) is 5.92 Å². The summed E-state index contributed by atoms with van der Waals surface area (Å²) in [5.41, 5.74) is -0.847. The van der Waals surface area contributed by atoms with Crippen LogP contribution in [0.1, 0.15) is 58.8 Å². The van der Waals surface area contributed by atoms with Crippen LogP contribution < -0.4 is 0 Å². The third-order valence-corrected chi connectivity index (χ3v) is 3.22. The molecule has 72 valence electrons. The molecular formula is C11H21F. The van der Waals surface area contributed by atoms with Crippen molar-refractivity contribution >= 4 is 0 Å². The Balaban J connectivity index is 2.48. The Labute approximate surface area is 75.5 Å². The lowest BCUT2D eigenvalue weighted by atomic mass is 9.81.